The SMILES string of the molecule is O=C(c1ccccc1Cl)C1(c2ccccc2)CCCCC1. The topological polar surface area (TPSA) is 17.1 Å². The molecule has 0 aliphatic heterocycles. The molecule has 0 radical (unpaired) electrons. The van der Waals surface area contributed by atoms with E-state index in [0.717, 1.165) is 31.2 Å². The average Bonchev–Trinajstić information content (AvgIpc) is 2.56. The van der Waals surface area contributed by atoms with Crippen molar-refractivity contribution in [1.29, 1.82) is 0 Å². The van der Waals surface area contributed by atoms with Crippen LogP contribution in [0.4, 0.5) is 0 Å². The Morgan fingerprint density at radius 2 is 1.48 bits per heavy atom. The number of carbonyl (C=O) groups excluding carboxylic acids is 1. The van der Waals surface area contributed by atoms with Crippen molar-refractivity contribution in [3.8, 4) is 0 Å². The van der Waals surface area contributed by atoms with E-state index < -0.39 is 5.41 Å². The fourth-order valence-corrected chi connectivity index (χ4v) is 3.68. The van der Waals surface area contributed by atoms with Gasteiger partial charge in [0.15, 0.2) is 5.78 Å². The number of rotatable bonds is 3. The molecule has 0 heterocycles. The van der Waals surface area contributed by atoms with E-state index in [1.807, 2.05) is 36.4 Å². The number of benzene rings is 2. The van der Waals surface area contributed by atoms with E-state index in [0.29, 0.717) is 10.6 Å². The highest BCUT2D eigenvalue weighted by Gasteiger charge is 2.41. The summed E-state index contributed by atoms with van der Waals surface area (Å²) in [5, 5.41) is 0.559. The molecule has 0 atom stereocenters. The quantitative estimate of drug-likeness (QED) is 0.691. The Morgan fingerprint density at radius 1 is 0.857 bits per heavy atom. The molecule has 3 rings (SSSR count). The van der Waals surface area contributed by atoms with Gasteiger partial charge in [0, 0.05) is 5.56 Å². The lowest BCUT2D eigenvalue weighted by Crippen LogP contribution is -2.38. The van der Waals surface area contributed by atoms with Crippen molar-refractivity contribution in [3.63, 3.8) is 0 Å². The van der Waals surface area contributed by atoms with E-state index in [1.54, 1.807) is 6.07 Å². The van der Waals surface area contributed by atoms with E-state index in [2.05, 4.69) is 12.1 Å². The predicted molar refractivity (Wildman–Crippen MR) is 87.0 cm³/mol. The van der Waals surface area contributed by atoms with Crippen LogP contribution in [0, 0.1) is 0 Å². The Morgan fingerprint density at radius 3 is 2.14 bits per heavy atom. The van der Waals surface area contributed by atoms with Crippen LogP contribution in [0.3, 0.4) is 0 Å². The van der Waals surface area contributed by atoms with E-state index in [4.69, 9.17) is 11.6 Å². The molecule has 2 aromatic carbocycles. The molecule has 21 heavy (non-hydrogen) atoms. The highest BCUT2D eigenvalue weighted by molar-refractivity contribution is 6.34. The molecule has 0 N–H and O–H groups in total. The Labute approximate surface area is 131 Å². The Hall–Kier alpha value is -1.60. The summed E-state index contributed by atoms with van der Waals surface area (Å²) in [6.07, 6.45) is 5.25. The number of ketones is 1. The van der Waals surface area contributed by atoms with Gasteiger partial charge in [0.1, 0.15) is 0 Å². The zero-order valence-corrected chi connectivity index (χ0v) is 12.8. The monoisotopic (exact) mass is 298 g/mol. The minimum atomic E-state index is -0.398. The molecule has 0 spiro atoms. The molecule has 2 heteroatoms. The maximum absolute atomic E-state index is 13.3. The Balaban J connectivity index is 2.08. The minimum absolute atomic E-state index is 0.180. The second kappa shape index (κ2) is 6.03. The van der Waals surface area contributed by atoms with Crippen LogP contribution in [0.1, 0.15) is 48.0 Å². The summed E-state index contributed by atoms with van der Waals surface area (Å²) in [7, 11) is 0. The maximum atomic E-state index is 13.3. The molecule has 0 unspecified atom stereocenters. The second-order valence-corrected chi connectivity index (χ2v) is 6.22. The van der Waals surface area contributed by atoms with Gasteiger partial charge in [-0.15, -0.1) is 0 Å². The van der Waals surface area contributed by atoms with Crippen molar-refractivity contribution in [2.24, 2.45) is 0 Å². The molecular weight excluding hydrogens is 280 g/mol. The molecule has 1 saturated carbocycles. The van der Waals surface area contributed by atoms with E-state index in [1.165, 1.54) is 6.42 Å². The number of hydrogen-bond acceptors (Lipinski definition) is 1. The van der Waals surface area contributed by atoms with Crippen molar-refractivity contribution in [3.05, 3.63) is 70.7 Å². The van der Waals surface area contributed by atoms with Crippen LogP contribution in [-0.4, -0.2) is 5.78 Å². The molecule has 0 saturated heterocycles. The van der Waals surface area contributed by atoms with Crippen molar-refractivity contribution in [2.45, 2.75) is 37.5 Å². The van der Waals surface area contributed by atoms with Crippen LogP contribution in [0.2, 0.25) is 5.02 Å². The normalized spacial score (nSPS) is 17.4. The molecule has 108 valence electrons. The standard InChI is InChI=1S/C19H19ClO/c20-17-12-6-5-11-16(17)18(21)19(13-7-2-8-14-19)15-9-3-1-4-10-15/h1,3-6,9-12H,2,7-8,13-14H2. The highest BCUT2D eigenvalue weighted by Crippen LogP contribution is 2.42. The van der Waals surface area contributed by atoms with Crippen LogP contribution in [0.25, 0.3) is 0 Å². The van der Waals surface area contributed by atoms with Gasteiger partial charge in [-0.25, -0.2) is 0 Å². The smallest absolute Gasteiger partial charge is 0.174 e. The molecule has 1 nitrogen and oxygen atoms in total. The van der Waals surface area contributed by atoms with Gasteiger partial charge in [0.05, 0.1) is 10.4 Å². The van der Waals surface area contributed by atoms with E-state index in [-0.39, 0.29) is 5.78 Å². The summed E-state index contributed by atoms with van der Waals surface area (Å²) < 4.78 is 0. The van der Waals surface area contributed by atoms with Crippen molar-refractivity contribution < 1.29 is 4.79 Å². The van der Waals surface area contributed by atoms with Crippen LogP contribution in [-0.2, 0) is 5.41 Å². The number of carbonyl (C=O) groups is 1. The third kappa shape index (κ3) is 2.63. The van der Waals surface area contributed by atoms with Gasteiger partial charge in [0.25, 0.3) is 0 Å². The molecule has 0 amide bonds. The predicted octanol–water partition coefficient (Wildman–Crippen LogP) is 5.42. The summed E-state index contributed by atoms with van der Waals surface area (Å²) in [5.41, 5.74) is 1.39. The van der Waals surface area contributed by atoms with Gasteiger partial charge in [-0.05, 0) is 30.5 Å². The zero-order valence-electron chi connectivity index (χ0n) is 12.0. The fraction of sp³-hybridized carbons (Fsp3) is 0.316. The van der Waals surface area contributed by atoms with Crippen LogP contribution >= 0.6 is 11.6 Å². The molecule has 0 aromatic heterocycles. The summed E-state index contributed by atoms with van der Waals surface area (Å²) in [4.78, 5) is 13.3. The number of hydrogen-bond donors (Lipinski definition) is 0. The van der Waals surface area contributed by atoms with Crippen molar-refractivity contribution >= 4 is 17.4 Å². The lowest BCUT2D eigenvalue weighted by Gasteiger charge is -2.36. The van der Waals surface area contributed by atoms with E-state index >= 15 is 0 Å². The van der Waals surface area contributed by atoms with Gasteiger partial charge in [0.2, 0.25) is 0 Å². The van der Waals surface area contributed by atoms with Crippen LogP contribution < -0.4 is 0 Å². The zero-order chi connectivity index (χ0) is 14.7. The Bertz CT molecular complexity index is 627. The lowest BCUT2D eigenvalue weighted by molar-refractivity contribution is 0.0839. The number of halogens is 1. The first-order chi connectivity index (χ1) is 10.2. The highest BCUT2D eigenvalue weighted by atomic mass is 35.5. The maximum Gasteiger partial charge on any atom is 0.174 e. The third-order valence-corrected chi connectivity index (χ3v) is 4.92. The first-order valence-corrected chi connectivity index (χ1v) is 7.97. The summed E-state index contributed by atoms with van der Waals surface area (Å²) in [6.45, 7) is 0. The molecular formula is C19H19ClO. The number of Topliss-reactive ketones (excluding diaryl/α,β-unsaturated/α-hetero) is 1. The summed E-state index contributed by atoms with van der Waals surface area (Å²) in [6, 6.07) is 17.6. The summed E-state index contributed by atoms with van der Waals surface area (Å²) >= 11 is 6.27. The first kappa shape index (κ1) is 14.3. The Kier molecular flexibility index (Phi) is 4.12. The largest absolute Gasteiger partial charge is 0.293 e. The van der Waals surface area contributed by atoms with Gasteiger partial charge in [-0.1, -0.05) is 73.3 Å². The minimum Gasteiger partial charge on any atom is -0.293 e. The summed E-state index contributed by atoms with van der Waals surface area (Å²) in [5.74, 6) is 0.180. The lowest BCUT2D eigenvalue weighted by atomic mass is 9.65. The fourth-order valence-electron chi connectivity index (χ4n) is 3.46. The van der Waals surface area contributed by atoms with Crippen LogP contribution in [0.5, 0.6) is 0 Å². The van der Waals surface area contributed by atoms with Crippen molar-refractivity contribution in [2.75, 3.05) is 0 Å². The van der Waals surface area contributed by atoms with Gasteiger partial charge in [-0.3, -0.25) is 4.79 Å². The van der Waals surface area contributed by atoms with Gasteiger partial charge in [-0.2, -0.15) is 0 Å². The molecule has 2 aromatic rings. The van der Waals surface area contributed by atoms with E-state index in [9.17, 15) is 4.79 Å². The van der Waals surface area contributed by atoms with Gasteiger partial charge >= 0.3 is 0 Å². The van der Waals surface area contributed by atoms with Crippen LogP contribution in [0.15, 0.2) is 54.6 Å². The average molecular weight is 299 g/mol. The molecule has 1 aliphatic carbocycles. The molecule has 1 aliphatic rings. The van der Waals surface area contributed by atoms with Crippen molar-refractivity contribution in [1.82, 2.24) is 0 Å². The second-order valence-electron chi connectivity index (χ2n) is 5.82. The van der Waals surface area contributed by atoms with Gasteiger partial charge < -0.3 is 0 Å². The molecule has 1 fully saturated rings. The third-order valence-electron chi connectivity index (χ3n) is 4.59. The first-order valence-electron chi connectivity index (χ1n) is 7.59. The molecule has 0 bridgehead atoms.